The number of rotatable bonds is 1. The predicted molar refractivity (Wildman–Crippen MR) is 82.5 cm³/mol. The van der Waals surface area contributed by atoms with Gasteiger partial charge in [0.1, 0.15) is 5.75 Å². The third kappa shape index (κ3) is 1.50. The average molecular weight is 266 g/mol. The van der Waals surface area contributed by atoms with E-state index in [1.165, 1.54) is 33.0 Å². The van der Waals surface area contributed by atoms with Gasteiger partial charge in [-0.05, 0) is 54.8 Å². The molecule has 1 aliphatic heterocycles. The van der Waals surface area contributed by atoms with Crippen LogP contribution in [0.1, 0.15) is 16.7 Å². The first kappa shape index (κ1) is 11.8. The van der Waals surface area contributed by atoms with Gasteiger partial charge in [0.05, 0.1) is 12.6 Å². The fourth-order valence-electron chi connectivity index (χ4n) is 3.45. The molecule has 0 spiro atoms. The molecule has 0 radical (unpaired) electrons. The lowest BCUT2D eigenvalue weighted by Crippen LogP contribution is -2.24. The molecule has 102 valence electrons. The smallest absolute Gasteiger partial charge is 0.128 e. The zero-order valence-corrected chi connectivity index (χ0v) is 11.8. The third-order valence-electron chi connectivity index (χ3n) is 4.45. The minimum absolute atomic E-state index is 0.942. The molecule has 1 aromatic heterocycles. The summed E-state index contributed by atoms with van der Waals surface area (Å²) in [5.74, 6) is 0.942. The van der Waals surface area contributed by atoms with Gasteiger partial charge < -0.3 is 15.0 Å². The molecule has 2 aromatic carbocycles. The number of hydrogen-bond acceptors (Lipinski definition) is 2. The number of hydrogen-bond donors (Lipinski definition) is 2. The number of benzene rings is 2. The number of aryl methyl sites for hydroxylation is 1. The lowest BCUT2D eigenvalue weighted by Gasteiger charge is -2.19. The number of aromatic amines is 1. The lowest BCUT2D eigenvalue weighted by atomic mass is 9.93. The summed E-state index contributed by atoms with van der Waals surface area (Å²) in [6, 6.07) is 8.51. The SMILES string of the molecule is COc1cccc2[nH]c3c(C)c4c(cc3c12)CNCC4. The number of ether oxygens (including phenoxy) is 1. The molecule has 0 saturated carbocycles. The highest BCUT2D eigenvalue weighted by Crippen LogP contribution is 2.37. The molecule has 3 heteroatoms. The van der Waals surface area contributed by atoms with Gasteiger partial charge >= 0.3 is 0 Å². The van der Waals surface area contributed by atoms with Crippen molar-refractivity contribution in [3.8, 4) is 5.75 Å². The quantitative estimate of drug-likeness (QED) is 0.709. The average Bonchev–Trinajstić information content (AvgIpc) is 2.86. The fraction of sp³-hybridized carbons (Fsp3) is 0.294. The molecule has 0 amide bonds. The van der Waals surface area contributed by atoms with Crippen LogP contribution in [0.2, 0.25) is 0 Å². The number of nitrogens with one attached hydrogen (secondary N) is 2. The molecular formula is C17H18N2O. The van der Waals surface area contributed by atoms with E-state index in [2.05, 4.69) is 29.4 Å². The minimum Gasteiger partial charge on any atom is -0.496 e. The minimum atomic E-state index is 0.942. The number of H-pyrrole nitrogens is 1. The van der Waals surface area contributed by atoms with E-state index in [0.29, 0.717) is 0 Å². The summed E-state index contributed by atoms with van der Waals surface area (Å²) in [4.78, 5) is 3.57. The summed E-state index contributed by atoms with van der Waals surface area (Å²) in [5, 5.41) is 5.93. The molecule has 20 heavy (non-hydrogen) atoms. The Bertz CT molecular complexity index is 817. The van der Waals surface area contributed by atoms with Gasteiger partial charge in [-0.15, -0.1) is 0 Å². The Morgan fingerprint density at radius 2 is 2.15 bits per heavy atom. The van der Waals surface area contributed by atoms with E-state index in [1.807, 2.05) is 12.1 Å². The van der Waals surface area contributed by atoms with Crippen molar-refractivity contribution in [2.24, 2.45) is 0 Å². The second kappa shape index (κ2) is 4.25. The van der Waals surface area contributed by atoms with E-state index in [4.69, 9.17) is 4.74 Å². The molecule has 0 bridgehead atoms. The van der Waals surface area contributed by atoms with E-state index in [1.54, 1.807) is 7.11 Å². The lowest BCUT2D eigenvalue weighted by molar-refractivity contribution is 0.420. The van der Waals surface area contributed by atoms with E-state index < -0.39 is 0 Å². The third-order valence-corrected chi connectivity index (χ3v) is 4.45. The molecule has 1 aliphatic rings. The van der Waals surface area contributed by atoms with Crippen LogP contribution in [0.4, 0.5) is 0 Å². The summed E-state index contributed by atoms with van der Waals surface area (Å²) in [7, 11) is 1.74. The van der Waals surface area contributed by atoms with Crippen molar-refractivity contribution in [2.75, 3.05) is 13.7 Å². The number of methoxy groups -OCH3 is 1. The molecule has 3 nitrogen and oxygen atoms in total. The first-order valence-corrected chi connectivity index (χ1v) is 7.10. The van der Waals surface area contributed by atoms with Gasteiger partial charge in [0.25, 0.3) is 0 Å². The maximum Gasteiger partial charge on any atom is 0.128 e. The van der Waals surface area contributed by atoms with Crippen molar-refractivity contribution in [3.63, 3.8) is 0 Å². The normalized spacial score (nSPS) is 14.7. The van der Waals surface area contributed by atoms with Crippen molar-refractivity contribution in [1.82, 2.24) is 10.3 Å². The summed E-state index contributed by atoms with van der Waals surface area (Å²) < 4.78 is 5.54. The van der Waals surface area contributed by atoms with Crippen LogP contribution in [0.5, 0.6) is 5.75 Å². The Balaban J connectivity index is 2.16. The summed E-state index contributed by atoms with van der Waals surface area (Å²) >= 11 is 0. The standard InChI is InChI=1S/C17H18N2O/c1-10-12-6-7-18-9-11(12)8-13-16-14(19-17(10)13)4-3-5-15(16)20-2/h3-5,8,18-19H,6-7,9H2,1-2H3. The monoisotopic (exact) mass is 266 g/mol. The first-order chi connectivity index (χ1) is 9.79. The Morgan fingerprint density at radius 3 is 3.00 bits per heavy atom. The van der Waals surface area contributed by atoms with Crippen molar-refractivity contribution >= 4 is 21.8 Å². The Morgan fingerprint density at radius 1 is 1.25 bits per heavy atom. The first-order valence-electron chi connectivity index (χ1n) is 7.10. The highest BCUT2D eigenvalue weighted by molar-refractivity contribution is 6.11. The molecule has 0 aliphatic carbocycles. The number of fused-ring (bicyclic) bond motifs is 4. The van der Waals surface area contributed by atoms with Crippen LogP contribution in [0.3, 0.4) is 0 Å². The molecule has 2 N–H and O–H groups in total. The van der Waals surface area contributed by atoms with Gasteiger partial charge in [-0.3, -0.25) is 0 Å². The van der Waals surface area contributed by atoms with Crippen molar-refractivity contribution in [1.29, 1.82) is 0 Å². The van der Waals surface area contributed by atoms with E-state index in [0.717, 1.165) is 30.8 Å². The molecule has 0 fully saturated rings. The second-order valence-corrected chi connectivity index (χ2v) is 5.50. The Hall–Kier alpha value is -2.00. The topological polar surface area (TPSA) is 37.0 Å². The van der Waals surface area contributed by atoms with Gasteiger partial charge in [0.2, 0.25) is 0 Å². The highest BCUT2D eigenvalue weighted by atomic mass is 16.5. The van der Waals surface area contributed by atoms with Crippen LogP contribution >= 0.6 is 0 Å². The van der Waals surface area contributed by atoms with Crippen LogP contribution in [-0.4, -0.2) is 18.6 Å². The van der Waals surface area contributed by atoms with E-state index in [9.17, 15) is 0 Å². The number of aromatic nitrogens is 1. The summed E-state index contributed by atoms with van der Waals surface area (Å²) in [6.07, 6.45) is 1.11. The zero-order chi connectivity index (χ0) is 13.7. The highest BCUT2D eigenvalue weighted by Gasteiger charge is 2.18. The predicted octanol–water partition coefficient (Wildman–Crippen LogP) is 3.28. The maximum absolute atomic E-state index is 5.54. The summed E-state index contributed by atoms with van der Waals surface area (Å²) in [6.45, 7) is 4.27. The molecule has 0 saturated heterocycles. The molecule has 3 aromatic rings. The van der Waals surface area contributed by atoms with Crippen molar-refractivity contribution in [2.45, 2.75) is 19.9 Å². The van der Waals surface area contributed by atoms with Crippen LogP contribution in [0, 0.1) is 6.92 Å². The van der Waals surface area contributed by atoms with Crippen LogP contribution in [0.25, 0.3) is 21.8 Å². The van der Waals surface area contributed by atoms with Gasteiger partial charge in [-0.1, -0.05) is 6.07 Å². The van der Waals surface area contributed by atoms with E-state index >= 15 is 0 Å². The van der Waals surface area contributed by atoms with Gasteiger partial charge in [0, 0.05) is 22.8 Å². The molecule has 2 heterocycles. The van der Waals surface area contributed by atoms with E-state index in [-0.39, 0.29) is 0 Å². The fourth-order valence-corrected chi connectivity index (χ4v) is 3.45. The van der Waals surface area contributed by atoms with Crippen molar-refractivity contribution < 1.29 is 4.74 Å². The van der Waals surface area contributed by atoms with Gasteiger partial charge in [-0.25, -0.2) is 0 Å². The molecular weight excluding hydrogens is 248 g/mol. The summed E-state index contributed by atoms with van der Waals surface area (Å²) in [5.41, 5.74) is 6.72. The van der Waals surface area contributed by atoms with Crippen molar-refractivity contribution in [3.05, 3.63) is 41.0 Å². The molecule has 0 atom stereocenters. The van der Waals surface area contributed by atoms with Gasteiger partial charge in [-0.2, -0.15) is 0 Å². The Kier molecular flexibility index (Phi) is 2.51. The van der Waals surface area contributed by atoms with Gasteiger partial charge in [0.15, 0.2) is 0 Å². The zero-order valence-electron chi connectivity index (χ0n) is 11.8. The Labute approximate surface area is 117 Å². The van der Waals surface area contributed by atoms with Crippen LogP contribution < -0.4 is 10.1 Å². The molecule has 0 unspecified atom stereocenters. The van der Waals surface area contributed by atoms with Crippen LogP contribution in [0.15, 0.2) is 24.3 Å². The second-order valence-electron chi connectivity index (χ2n) is 5.50. The molecule has 4 rings (SSSR count). The largest absolute Gasteiger partial charge is 0.496 e. The van der Waals surface area contributed by atoms with Crippen LogP contribution in [-0.2, 0) is 13.0 Å². The maximum atomic E-state index is 5.54.